The first-order valence-electron chi connectivity index (χ1n) is 8.19. The van der Waals surface area contributed by atoms with E-state index >= 15 is 0 Å². The van der Waals surface area contributed by atoms with Gasteiger partial charge in [0.2, 0.25) is 0 Å². The van der Waals surface area contributed by atoms with Crippen molar-refractivity contribution in [1.29, 1.82) is 0 Å². The quantitative estimate of drug-likeness (QED) is 0.488. The molecule has 4 rings (SSSR count). The molecule has 0 bridgehead atoms. The Morgan fingerprint density at radius 2 is 1.71 bits per heavy atom. The normalized spacial score (nSPS) is 10.8. The summed E-state index contributed by atoms with van der Waals surface area (Å²) < 4.78 is 17.2. The van der Waals surface area contributed by atoms with Crippen molar-refractivity contribution in [2.24, 2.45) is 0 Å². The van der Waals surface area contributed by atoms with E-state index in [1.54, 1.807) is 49.6 Å². The summed E-state index contributed by atoms with van der Waals surface area (Å²) in [6.07, 6.45) is 1.40. The molecular weight excluding hydrogens is 384 g/mol. The zero-order chi connectivity index (χ0) is 19.7. The molecule has 0 aliphatic rings. The van der Waals surface area contributed by atoms with Gasteiger partial charge in [-0.3, -0.25) is 9.36 Å². The number of benzene rings is 2. The Hall–Kier alpha value is -3.58. The lowest BCUT2D eigenvalue weighted by molar-refractivity contribution is 0.414. The fourth-order valence-corrected chi connectivity index (χ4v) is 2.83. The summed E-state index contributed by atoms with van der Waals surface area (Å²) in [6.45, 7) is 0. The van der Waals surface area contributed by atoms with Crippen LogP contribution in [0.4, 0.5) is 0 Å². The van der Waals surface area contributed by atoms with Gasteiger partial charge in [-0.05, 0) is 42.5 Å². The van der Waals surface area contributed by atoms with Crippen LogP contribution >= 0.6 is 11.6 Å². The lowest BCUT2D eigenvalue weighted by Crippen LogP contribution is -2.20. The Labute approximate surface area is 163 Å². The fourth-order valence-electron chi connectivity index (χ4n) is 2.66. The standard InChI is InChI=1S/C20H13ClN2O5/c1-26-14-7-4-13(5-8-14)23-11-17(21)22-19(20(23)25)27-15-6-2-12-3-9-18(24)28-16(12)10-15/h2-11H,1H3. The van der Waals surface area contributed by atoms with Crippen LogP contribution in [-0.2, 0) is 0 Å². The molecule has 2 aromatic heterocycles. The van der Waals surface area contributed by atoms with Crippen LogP contribution in [0.5, 0.6) is 17.4 Å². The third-order valence-corrected chi connectivity index (χ3v) is 4.19. The molecule has 0 N–H and O–H groups in total. The van der Waals surface area contributed by atoms with Gasteiger partial charge in [0.05, 0.1) is 13.3 Å². The van der Waals surface area contributed by atoms with Crippen LogP contribution in [0.25, 0.3) is 16.7 Å². The Morgan fingerprint density at radius 1 is 1.00 bits per heavy atom. The Balaban J connectivity index is 1.75. The number of rotatable bonds is 4. The van der Waals surface area contributed by atoms with E-state index in [-0.39, 0.29) is 16.8 Å². The van der Waals surface area contributed by atoms with Gasteiger partial charge in [0.1, 0.15) is 22.2 Å². The van der Waals surface area contributed by atoms with E-state index in [9.17, 15) is 9.59 Å². The van der Waals surface area contributed by atoms with Gasteiger partial charge in [0.25, 0.3) is 5.88 Å². The summed E-state index contributed by atoms with van der Waals surface area (Å²) in [5.74, 6) is 0.738. The molecule has 2 heterocycles. The molecule has 0 unspecified atom stereocenters. The lowest BCUT2D eigenvalue weighted by atomic mass is 10.2. The number of fused-ring (bicyclic) bond motifs is 1. The predicted octanol–water partition coefficient (Wildman–Crippen LogP) is 3.79. The molecule has 0 spiro atoms. The number of nitrogens with zero attached hydrogens (tertiary/aromatic N) is 2. The first-order valence-corrected chi connectivity index (χ1v) is 8.57. The van der Waals surface area contributed by atoms with Crippen LogP contribution in [0.1, 0.15) is 0 Å². The molecule has 0 saturated heterocycles. The summed E-state index contributed by atoms with van der Waals surface area (Å²) in [4.78, 5) is 28.2. The molecule has 0 radical (unpaired) electrons. The van der Waals surface area contributed by atoms with E-state index in [0.29, 0.717) is 17.0 Å². The predicted molar refractivity (Wildman–Crippen MR) is 104 cm³/mol. The minimum atomic E-state index is -0.496. The molecular formula is C20H13ClN2O5. The lowest BCUT2D eigenvalue weighted by Gasteiger charge is -2.10. The second kappa shape index (κ2) is 7.21. The van der Waals surface area contributed by atoms with Crippen molar-refractivity contribution in [1.82, 2.24) is 9.55 Å². The van der Waals surface area contributed by atoms with Crippen molar-refractivity contribution in [2.75, 3.05) is 7.11 Å². The second-order valence-electron chi connectivity index (χ2n) is 5.80. The number of aromatic nitrogens is 2. The highest BCUT2D eigenvalue weighted by Gasteiger charge is 2.13. The number of methoxy groups -OCH3 is 1. The molecule has 0 aliphatic carbocycles. The van der Waals surface area contributed by atoms with Crippen LogP contribution in [0, 0.1) is 0 Å². The minimum absolute atomic E-state index is 0.0812. The van der Waals surface area contributed by atoms with E-state index in [2.05, 4.69) is 4.98 Å². The molecule has 0 aliphatic heterocycles. The summed E-state index contributed by atoms with van der Waals surface area (Å²) in [6, 6.07) is 14.7. The average Bonchev–Trinajstić information content (AvgIpc) is 2.70. The van der Waals surface area contributed by atoms with Gasteiger partial charge < -0.3 is 13.9 Å². The number of hydrogen-bond acceptors (Lipinski definition) is 6. The van der Waals surface area contributed by atoms with Gasteiger partial charge in [-0.15, -0.1) is 0 Å². The van der Waals surface area contributed by atoms with Crippen molar-refractivity contribution in [2.45, 2.75) is 0 Å². The van der Waals surface area contributed by atoms with E-state index in [1.807, 2.05) is 0 Å². The Kier molecular flexibility index (Phi) is 4.58. The van der Waals surface area contributed by atoms with Gasteiger partial charge in [-0.25, -0.2) is 4.79 Å². The van der Waals surface area contributed by atoms with Gasteiger partial charge >= 0.3 is 11.2 Å². The fraction of sp³-hybridized carbons (Fsp3) is 0.0500. The summed E-state index contributed by atoms with van der Waals surface area (Å²) in [7, 11) is 1.56. The van der Waals surface area contributed by atoms with Gasteiger partial charge in [0, 0.05) is 23.2 Å². The third kappa shape index (κ3) is 3.47. The van der Waals surface area contributed by atoms with Crippen molar-refractivity contribution in [3.05, 3.63) is 86.7 Å². The molecule has 0 saturated carbocycles. The van der Waals surface area contributed by atoms with Crippen LogP contribution in [0.2, 0.25) is 5.15 Å². The zero-order valence-electron chi connectivity index (χ0n) is 14.6. The van der Waals surface area contributed by atoms with E-state index in [1.165, 1.54) is 22.9 Å². The Bertz CT molecular complexity index is 1280. The molecule has 8 heteroatoms. The highest BCUT2D eigenvalue weighted by molar-refractivity contribution is 6.29. The van der Waals surface area contributed by atoms with Gasteiger partial charge in [-0.2, -0.15) is 4.98 Å². The smallest absolute Gasteiger partial charge is 0.336 e. The largest absolute Gasteiger partial charge is 0.497 e. The van der Waals surface area contributed by atoms with Crippen molar-refractivity contribution in [3.8, 4) is 23.1 Å². The van der Waals surface area contributed by atoms with Crippen molar-refractivity contribution in [3.63, 3.8) is 0 Å². The van der Waals surface area contributed by atoms with Gasteiger partial charge in [0.15, 0.2) is 0 Å². The highest BCUT2D eigenvalue weighted by Crippen LogP contribution is 2.24. The maximum Gasteiger partial charge on any atom is 0.336 e. The van der Waals surface area contributed by atoms with Crippen LogP contribution in [0.15, 0.2) is 74.8 Å². The molecule has 140 valence electrons. The molecule has 0 amide bonds. The summed E-state index contributed by atoms with van der Waals surface area (Å²) in [5.41, 5.74) is -0.0662. The first-order chi connectivity index (χ1) is 13.5. The molecule has 0 fully saturated rings. The minimum Gasteiger partial charge on any atom is -0.497 e. The number of hydrogen-bond donors (Lipinski definition) is 0. The number of ether oxygens (including phenoxy) is 2. The van der Waals surface area contributed by atoms with Crippen LogP contribution < -0.4 is 20.7 Å². The molecule has 28 heavy (non-hydrogen) atoms. The summed E-state index contributed by atoms with van der Waals surface area (Å²) in [5, 5.41) is 0.805. The maximum absolute atomic E-state index is 12.8. The van der Waals surface area contributed by atoms with Gasteiger partial charge in [-0.1, -0.05) is 11.6 Å². The molecule has 2 aromatic carbocycles. The summed E-state index contributed by atoms with van der Waals surface area (Å²) >= 11 is 6.08. The molecule has 0 atom stereocenters. The Morgan fingerprint density at radius 3 is 2.46 bits per heavy atom. The monoisotopic (exact) mass is 396 g/mol. The van der Waals surface area contributed by atoms with E-state index in [0.717, 1.165) is 5.39 Å². The SMILES string of the molecule is COc1ccc(-n2cc(Cl)nc(Oc3ccc4ccc(=O)oc4c3)c2=O)cc1. The molecule has 7 nitrogen and oxygen atoms in total. The van der Waals surface area contributed by atoms with Crippen LogP contribution in [-0.4, -0.2) is 16.7 Å². The first kappa shape index (κ1) is 17.8. The third-order valence-electron chi connectivity index (χ3n) is 4.01. The second-order valence-corrected chi connectivity index (χ2v) is 6.19. The van der Waals surface area contributed by atoms with E-state index < -0.39 is 11.2 Å². The van der Waals surface area contributed by atoms with Crippen LogP contribution in [0.3, 0.4) is 0 Å². The topological polar surface area (TPSA) is 83.6 Å². The maximum atomic E-state index is 12.8. The number of halogens is 1. The highest BCUT2D eigenvalue weighted by atomic mass is 35.5. The average molecular weight is 397 g/mol. The zero-order valence-corrected chi connectivity index (χ0v) is 15.3. The van der Waals surface area contributed by atoms with Crippen molar-refractivity contribution < 1.29 is 13.9 Å². The van der Waals surface area contributed by atoms with Crippen molar-refractivity contribution >= 4 is 22.6 Å². The van der Waals surface area contributed by atoms with E-state index in [4.69, 9.17) is 25.5 Å². The molecule has 4 aromatic rings.